The normalized spacial score (nSPS) is 13.2. The average Bonchev–Trinajstić information content (AvgIpc) is 3.31. The van der Waals surface area contributed by atoms with Crippen molar-refractivity contribution in [3.05, 3.63) is 89.4 Å². The standard InChI is InChI=1S/C23H22N6.H2O/c1-14-5-7-17(8-6-14)12-29-16(3)26-22-23(29)27-20(11-25-22)19-13-28(4)15(2)21-18(19)9-10-24-21;/h5-11,13,24H,2,12H2,1,3-4H3;1H2. The van der Waals surface area contributed by atoms with Crippen LogP contribution in [0.2, 0.25) is 0 Å². The minimum absolute atomic E-state index is 0. The summed E-state index contributed by atoms with van der Waals surface area (Å²) in [6.07, 6.45) is 5.79. The number of nitrogens with one attached hydrogen (secondary N) is 1. The predicted molar refractivity (Wildman–Crippen MR) is 119 cm³/mol. The van der Waals surface area contributed by atoms with E-state index in [1.54, 1.807) is 6.20 Å². The molecule has 3 N–H and O–H groups in total. The van der Waals surface area contributed by atoms with Crippen molar-refractivity contribution < 1.29 is 5.48 Å². The Morgan fingerprint density at radius 1 is 1.07 bits per heavy atom. The molecule has 0 aliphatic carbocycles. The lowest BCUT2D eigenvalue weighted by Crippen LogP contribution is -2.16. The molecular formula is C23H24N6O. The lowest BCUT2D eigenvalue weighted by molar-refractivity contribution is 0.649. The molecule has 4 heterocycles. The molecule has 152 valence electrons. The van der Waals surface area contributed by atoms with Crippen molar-refractivity contribution in [1.82, 2.24) is 29.4 Å². The van der Waals surface area contributed by atoms with E-state index in [1.807, 2.05) is 25.1 Å². The van der Waals surface area contributed by atoms with Gasteiger partial charge in [-0.3, -0.25) is 0 Å². The number of hydrogen-bond acceptors (Lipinski definition) is 4. The van der Waals surface area contributed by atoms with Crippen LogP contribution >= 0.6 is 0 Å². The van der Waals surface area contributed by atoms with Gasteiger partial charge in [-0.05, 0) is 25.5 Å². The van der Waals surface area contributed by atoms with Crippen LogP contribution in [0.5, 0.6) is 0 Å². The van der Waals surface area contributed by atoms with Crippen molar-refractivity contribution in [3.63, 3.8) is 0 Å². The summed E-state index contributed by atoms with van der Waals surface area (Å²) >= 11 is 0. The quantitative estimate of drug-likeness (QED) is 0.571. The summed E-state index contributed by atoms with van der Waals surface area (Å²) in [5, 5.41) is 0. The van der Waals surface area contributed by atoms with Crippen LogP contribution in [0.1, 0.15) is 33.9 Å². The predicted octanol–water partition coefficient (Wildman–Crippen LogP) is 3.30. The van der Waals surface area contributed by atoms with Gasteiger partial charge in [-0.25, -0.2) is 15.0 Å². The molecule has 7 heteroatoms. The third-order valence-corrected chi connectivity index (χ3v) is 5.46. The Bertz CT molecular complexity index is 1280. The van der Waals surface area contributed by atoms with Gasteiger partial charge in [0.2, 0.25) is 0 Å². The fourth-order valence-corrected chi connectivity index (χ4v) is 3.75. The van der Waals surface area contributed by atoms with Gasteiger partial charge < -0.3 is 19.9 Å². The first-order valence-corrected chi connectivity index (χ1v) is 9.59. The second-order valence-electron chi connectivity index (χ2n) is 7.50. The van der Waals surface area contributed by atoms with Gasteiger partial charge in [-0.1, -0.05) is 36.4 Å². The van der Waals surface area contributed by atoms with E-state index in [9.17, 15) is 0 Å². The molecule has 30 heavy (non-hydrogen) atoms. The van der Waals surface area contributed by atoms with Crippen molar-refractivity contribution in [2.75, 3.05) is 7.05 Å². The monoisotopic (exact) mass is 400 g/mol. The molecule has 1 aromatic carbocycles. The zero-order chi connectivity index (χ0) is 20.1. The Hall–Kier alpha value is -3.71. The molecule has 0 spiro atoms. The summed E-state index contributed by atoms with van der Waals surface area (Å²) in [6, 6.07) is 10.6. The van der Waals surface area contributed by atoms with Crippen LogP contribution < -0.4 is 0 Å². The maximum absolute atomic E-state index is 4.97. The Balaban J connectivity index is 0.00000218. The fourth-order valence-electron chi connectivity index (χ4n) is 3.75. The Labute approximate surface area is 174 Å². The largest absolute Gasteiger partial charge is 0.412 e. The molecule has 0 atom stereocenters. The molecule has 0 unspecified atom stereocenters. The van der Waals surface area contributed by atoms with Crippen LogP contribution in [0.15, 0.2) is 55.5 Å². The highest BCUT2D eigenvalue weighted by Crippen LogP contribution is 2.34. The highest BCUT2D eigenvalue weighted by atomic mass is 16.0. The zero-order valence-corrected chi connectivity index (χ0v) is 17.3. The van der Waals surface area contributed by atoms with E-state index in [0.717, 1.165) is 39.7 Å². The molecule has 0 saturated carbocycles. The third kappa shape index (κ3) is 3.09. The van der Waals surface area contributed by atoms with Gasteiger partial charge >= 0.3 is 0 Å². The number of H-pyrrole nitrogens is 1. The molecule has 5 rings (SSSR count). The Morgan fingerprint density at radius 3 is 2.60 bits per heavy atom. The lowest BCUT2D eigenvalue weighted by Gasteiger charge is -2.25. The summed E-state index contributed by atoms with van der Waals surface area (Å²) in [6.45, 7) is 8.97. The first-order valence-electron chi connectivity index (χ1n) is 9.59. The Kier molecular flexibility index (Phi) is 4.75. The van der Waals surface area contributed by atoms with Crippen LogP contribution in [-0.4, -0.2) is 41.9 Å². The van der Waals surface area contributed by atoms with E-state index in [4.69, 9.17) is 4.98 Å². The van der Waals surface area contributed by atoms with E-state index < -0.39 is 0 Å². The van der Waals surface area contributed by atoms with Crippen molar-refractivity contribution in [2.24, 2.45) is 0 Å². The summed E-state index contributed by atoms with van der Waals surface area (Å²) in [5.74, 6) is 0.906. The first-order chi connectivity index (χ1) is 14.0. The minimum Gasteiger partial charge on any atom is -0.412 e. The van der Waals surface area contributed by atoms with Crippen molar-refractivity contribution >= 4 is 22.6 Å². The fraction of sp³-hybridized carbons (Fsp3) is 0.174. The van der Waals surface area contributed by atoms with Crippen LogP contribution in [-0.2, 0) is 6.54 Å². The van der Waals surface area contributed by atoms with Crippen LogP contribution in [0, 0.1) is 13.8 Å². The maximum Gasteiger partial charge on any atom is 0.197 e. The minimum atomic E-state index is 0. The van der Waals surface area contributed by atoms with Crippen LogP contribution in [0.25, 0.3) is 22.6 Å². The van der Waals surface area contributed by atoms with E-state index in [2.05, 4.69) is 69.6 Å². The second-order valence-corrected chi connectivity index (χ2v) is 7.50. The lowest BCUT2D eigenvalue weighted by atomic mass is 9.99. The summed E-state index contributed by atoms with van der Waals surface area (Å²) < 4.78 is 2.13. The van der Waals surface area contributed by atoms with Crippen LogP contribution in [0.3, 0.4) is 0 Å². The van der Waals surface area contributed by atoms with E-state index in [1.165, 1.54) is 11.1 Å². The highest BCUT2D eigenvalue weighted by Gasteiger charge is 2.23. The van der Waals surface area contributed by atoms with Crippen molar-refractivity contribution in [3.8, 4) is 0 Å². The van der Waals surface area contributed by atoms with Crippen molar-refractivity contribution in [1.29, 1.82) is 0 Å². The molecule has 0 radical (unpaired) electrons. The highest BCUT2D eigenvalue weighted by molar-refractivity contribution is 5.88. The van der Waals surface area contributed by atoms with Gasteiger partial charge in [0.1, 0.15) is 5.82 Å². The number of imidazole rings is 1. The molecule has 7 nitrogen and oxygen atoms in total. The van der Waals surface area contributed by atoms with Gasteiger partial charge in [0.25, 0.3) is 0 Å². The van der Waals surface area contributed by atoms with Gasteiger partial charge in [0, 0.05) is 30.6 Å². The molecule has 1 aliphatic heterocycles. The topological polar surface area (TPSA) is 94.1 Å². The van der Waals surface area contributed by atoms with E-state index in [-0.39, 0.29) is 5.48 Å². The van der Waals surface area contributed by atoms with Crippen LogP contribution in [0.4, 0.5) is 0 Å². The number of benzene rings is 1. The summed E-state index contributed by atoms with van der Waals surface area (Å²) in [7, 11) is 1.99. The molecule has 4 aromatic rings. The number of aromatic amines is 1. The van der Waals surface area contributed by atoms with E-state index in [0.29, 0.717) is 12.2 Å². The molecule has 1 aliphatic rings. The first kappa shape index (κ1) is 19.6. The maximum atomic E-state index is 4.97. The summed E-state index contributed by atoms with van der Waals surface area (Å²) in [4.78, 5) is 19.5. The molecular weight excluding hydrogens is 376 g/mol. The third-order valence-electron chi connectivity index (χ3n) is 5.46. The summed E-state index contributed by atoms with van der Waals surface area (Å²) in [5.41, 5.74) is 8.80. The van der Waals surface area contributed by atoms with Gasteiger partial charge in [-0.2, -0.15) is 0 Å². The van der Waals surface area contributed by atoms with Gasteiger partial charge in [0.05, 0.1) is 29.8 Å². The molecule has 3 aromatic heterocycles. The Morgan fingerprint density at radius 2 is 1.83 bits per heavy atom. The molecule has 0 fully saturated rings. The second kappa shape index (κ2) is 7.27. The number of fused-ring (bicyclic) bond motifs is 2. The van der Waals surface area contributed by atoms with Crippen molar-refractivity contribution in [2.45, 2.75) is 20.4 Å². The molecule has 0 bridgehead atoms. The number of rotatable bonds is 3. The average molecular weight is 400 g/mol. The molecule has 0 saturated heterocycles. The van der Waals surface area contributed by atoms with E-state index >= 15 is 0 Å². The SMILES string of the molecule is C=C1c2[nH]ccc2C(c2cnc3nc(C)n(Cc4ccc(C)cc4)c3n2)=CN1C.O. The van der Waals surface area contributed by atoms with Gasteiger partial charge in [-0.15, -0.1) is 0 Å². The smallest absolute Gasteiger partial charge is 0.197 e. The number of nitrogens with zero attached hydrogens (tertiary/aromatic N) is 5. The van der Waals surface area contributed by atoms with Gasteiger partial charge in [0.15, 0.2) is 11.3 Å². The molecule has 0 amide bonds. The number of hydrogen-bond donors (Lipinski definition) is 1. The number of aryl methyl sites for hydroxylation is 2. The number of aromatic nitrogens is 5. The zero-order valence-electron chi connectivity index (χ0n) is 17.3.